The van der Waals surface area contributed by atoms with Crippen LogP contribution in [0, 0.1) is 5.41 Å². The van der Waals surface area contributed by atoms with Crippen LogP contribution in [0.1, 0.15) is 38.5 Å². The number of hydrogen-bond acceptors (Lipinski definition) is 3. The molecule has 13 heavy (non-hydrogen) atoms. The Balaban J connectivity index is 2.29. The zero-order chi connectivity index (χ0) is 9.53. The molecule has 2 N–H and O–H groups in total. The van der Waals surface area contributed by atoms with Gasteiger partial charge in [-0.05, 0) is 32.1 Å². The molecule has 2 aliphatic rings. The number of hydrogen-bond donors (Lipinski definition) is 2. The third-order valence-corrected chi connectivity index (χ3v) is 3.99. The van der Waals surface area contributed by atoms with Crippen molar-refractivity contribution in [3.8, 4) is 0 Å². The van der Waals surface area contributed by atoms with Crippen molar-refractivity contribution in [1.82, 2.24) is 0 Å². The normalized spacial score (nSPS) is 50.5. The molecule has 2 fully saturated rings. The van der Waals surface area contributed by atoms with Crippen LogP contribution in [-0.4, -0.2) is 29.2 Å². The number of rotatable bonds is 1. The molecule has 76 valence electrons. The van der Waals surface area contributed by atoms with Gasteiger partial charge in [0, 0.05) is 13.5 Å². The molecule has 0 radical (unpaired) electrons. The van der Waals surface area contributed by atoms with Crippen molar-refractivity contribution in [2.45, 2.75) is 50.4 Å². The van der Waals surface area contributed by atoms with Gasteiger partial charge >= 0.3 is 0 Å². The third kappa shape index (κ3) is 1.07. The van der Waals surface area contributed by atoms with Crippen molar-refractivity contribution in [2.75, 3.05) is 7.11 Å². The maximum absolute atomic E-state index is 10.2. The molecule has 0 bridgehead atoms. The number of ether oxygens (including phenoxy) is 1. The van der Waals surface area contributed by atoms with Crippen LogP contribution >= 0.6 is 0 Å². The molecule has 3 atom stereocenters. The van der Waals surface area contributed by atoms with Gasteiger partial charge in [-0.15, -0.1) is 0 Å². The summed E-state index contributed by atoms with van der Waals surface area (Å²) >= 11 is 0. The first kappa shape index (κ1) is 9.44. The van der Waals surface area contributed by atoms with Crippen LogP contribution in [-0.2, 0) is 4.74 Å². The molecule has 0 saturated heterocycles. The standard InChI is InChI=1S/C10H18O3/c1-13-10(12)7-3-6-9(10)5-2-4-8(9)11/h8,11-12H,2-7H2,1H3. The molecular weight excluding hydrogens is 168 g/mol. The second-order valence-corrected chi connectivity index (χ2v) is 4.41. The van der Waals surface area contributed by atoms with Crippen molar-refractivity contribution in [1.29, 1.82) is 0 Å². The van der Waals surface area contributed by atoms with Crippen LogP contribution in [0.25, 0.3) is 0 Å². The summed E-state index contributed by atoms with van der Waals surface area (Å²) in [5, 5.41) is 20.1. The van der Waals surface area contributed by atoms with Gasteiger partial charge in [-0.25, -0.2) is 0 Å². The molecule has 0 amide bonds. The van der Waals surface area contributed by atoms with Crippen LogP contribution in [0.3, 0.4) is 0 Å². The lowest BCUT2D eigenvalue weighted by atomic mass is 9.78. The average molecular weight is 186 g/mol. The maximum Gasteiger partial charge on any atom is 0.173 e. The summed E-state index contributed by atoms with van der Waals surface area (Å²) in [6, 6.07) is 0. The van der Waals surface area contributed by atoms with Gasteiger partial charge in [0.25, 0.3) is 0 Å². The molecule has 3 nitrogen and oxygen atoms in total. The lowest BCUT2D eigenvalue weighted by Crippen LogP contribution is -2.49. The van der Waals surface area contributed by atoms with Gasteiger partial charge in [0.15, 0.2) is 5.79 Å². The van der Waals surface area contributed by atoms with Crippen LogP contribution in [0.2, 0.25) is 0 Å². The lowest BCUT2D eigenvalue weighted by Gasteiger charge is -2.40. The number of aliphatic hydroxyl groups is 2. The number of methoxy groups -OCH3 is 1. The van der Waals surface area contributed by atoms with E-state index >= 15 is 0 Å². The van der Waals surface area contributed by atoms with Crippen LogP contribution in [0.5, 0.6) is 0 Å². The van der Waals surface area contributed by atoms with Crippen LogP contribution < -0.4 is 0 Å². The highest BCUT2D eigenvalue weighted by Gasteiger charge is 2.60. The molecule has 2 rings (SSSR count). The third-order valence-electron chi connectivity index (χ3n) is 3.99. The van der Waals surface area contributed by atoms with Gasteiger partial charge in [0.05, 0.1) is 11.5 Å². The summed E-state index contributed by atoms with van der Waals surface area (Å²) in [5.74, 6) is -1.07. The van der Waals surface area contributed by atoms with Gasteiger partial charge in [-0.1, -0.05) is 0 Å². The van der Waals surface area contributed by atoms with Crippen LogP contribution in [0.15, 0.2) is 0 Å². The van der Waals surface area contributed by atoms with E-state index in [0.29, 0.717) is 6.42 Å². The monoisotopic (exact) mass is 186 g/mol. The fourth-order valence-corrected chi connectivity index (χ4v) is 3.19. The quantitative estimate of drug-likeness (QED) is 0.601. The average Bonchev–Trinajstić information content (AvgIpc) is 2.63. The van der Waals surface area contributed by atoms with Crippen molar-refractivity contribution in [3.05, 3.63) is 0 Å². The molecule has 1 spiro atoms. The summed E-state index contributed by atoms with van der Waals surface area (Å²) in [5.41, 5.74) is -0.359. The zero-order valence-corrected chi connectivity index (χ0v) is 8.12. The lowest BCUT2D eigenvalue weighted by molar-refractivity contribution is -0.262. The summed E-state index contributed by atoms with van der Waals surface area (Å²) in [6.45, 7) is 0. The van der Waals surface area contributed by atoms with Crippen molar-refractivity contribution < 1.29 is 14.9 Å². The molecule has 0 aromatic rings. The van der Waals surface area contributed by atoms with Crippen molar-refractivity contribution >= 4 is 0 Å². The fraction of sp³-hybridized carbons (Fsp3) is 1.00. The Morgan fingerprint density at radius 1 is 1.23 bits per heavy atom. The van der Waals surface area contributed by atoms with Gasteiger partial charge < -0.3 is 14.9 Å². The van der Waals surface area contributed by atoms with E-state index in [0.717, 1.165) is 32.1 Å². The Kier molecular flexibility index (Phi) is 2.13. The highest BCUT2D eigenvalue weighted by atomic mass is 16.6. The molecule has 3 heteroatoms. The second-order valence-electron chi connectivity index (χ2n) is 4.41. The minimum atomic E-state index is -1.07. The molecule has 2 aliphatic carbocycles. The summed E-state index contributed by atoms with van der Waals surface area (Å²) in [7, 11) is 1.54. The summed E-state index contributed by atoms with van der Waals surface area (Å²) < 4.78 is 5.20. The first-order valence-electron chi connectivity index (χ1n) is 5.10. The van der Waals surface area contributed by atoms with E-state index in [4.69, 9.17) is 4.74 Å². The largest absolute Gasteiger partial charge is 0.392 e. The number of aliphatic hydroxyl groups excluding tert-OH is 1. The van der Waals surface area contributed by atoms with E-state index in [2.05, 4.69) is 0 Å². The summed E-state index contributed by atoms with van der Waals surface area (Å²) in [6.07, 6.45) is 4.87. The minimum Gasteiger partial charge on any atom is -0.392 e. The van der Waals surface area contributed by atoms with Crippen molar-refractivity contribution in [2.24, 2.45) is 5.41 Å². The Morgan fingerprint density at radius 3 is 2.46 bits per heavy atom. The van der Waals surface area contributed by atoms with Crippen LogP contribution in [0.4, 0.5) is 0 Å². The fourth-order valence-electron chi connectivity index (χ4n) is 3.19. The molecular formula is C10H18O3. The van der Waals surface area contributed by atoms with Gasteiger partial charge in [0.2, 0.25) is 0 Å². The Hall–Kier alpha value is -0.120. The predicted octanol–water partition coefficient (Wildman–Crippen LogP) is 1.04. The van der Waals surface area contributed by atoms with E-state index in [9.17, 15) is 10.2 Å². The first-order chi connectivity index (χ1) is 6.15. The Bertz CT molecular complexity index is 202. The summed E-state index contributed by atoms with van der Waals surface area (Å²) in [4.78, 5) is 0. The second kappa shape index (κ2) is 2.94. The highest BCUT2D eigenvalue weighted by molar-refractivity contribution is 5.05. The van der Waals surface area contributed by atoms with E-state index in [1.165, 1.54) is 7.11 Å². The highest BCUT2D eigenvalue weighted by Crippen LogP contribution is 2.56. The molecule has 3 unspecified atom stereocenters. The van der Waals surface area contributed by atoms with E-state index in [1.807, 2.05) is 0 Å². The zero-order valence-electron chi connectivity index (χ0n) is 8.12. The van der Waals surface area contributed by atoms with E-state index in [-0.39, 0.29) is 11.5 Å². The maximum atomic E-state index is 10.2. The van der Waals surface area contributed by atoms with Gasteiger partial charge in [0.1, 0.15) is 0 Å². The smallest absolute Gasteiger partial charge is 0.173 e. The molecule has 0 aliphatic heterocycles. The first-order valence-corrected chi connectivity index (χ1v) is 5.10. The molecule has 0 heterocycles. The van der Waals surface area contributed by atoms with Crippen molar-refractivity contribution in [3.63, 3.8) is 0 Å². The SMILES string of the molecule is COC1(O)CCCC12CCCC2O. The molecule has 0 aromatic carbocycles. The topological polar surface area (TPSA) is 49.7 Å². The Morgan fingerprint density at radius 2 is 1.92 bits per heavy atom. The minimum absolute atomic E-state index is 0.359. The molecule has 0 aromatic heterocycles. The predicted molar refractivity (Wildman–Crippen MR) is 48.1 cm³/mol. The van der Waals surface area contributed by atoms with E-state index in [1.54, 1.807) is 0 Å². The van der Waals surface area contributed by atoms with Gasteiger partial charge in [-0.3, -0.25) is 0 Å². The molecule has 2 saturated carbocycles. The Labute approximate surface area is 78.7 Å². The van der Waals surface area contributed by atoms with Gasteiger partial charge in [-0.2, -0.15) is 0 Å². The van der Waals surface area contributed by atoms with E-state index < -0.39 is 5.79 Å².